The number of carbonyl (C=O) groups is 1. The van der Waals surface area contributed by atoms with Gasteiger partial charge in [0.15, 0.2) is 0 Å². The lowest BCUT2D eigenvalue weighted by Gasteiger charge is -2.25. The molecule has 0 radical (unpaired) electrons. The smallest absolute Gasteiger partial charge is 0.256 e. The molecule has 0 fully saturated rings. The van der Waals surface area contributed by atoms with Crippen LogP contribution in [-0.2, 0) is 17.8 Å². The quantitative estimate of drug-likeness (QED) is 0.548. The lowest BCUT2D eigenvalue weighted by atomic mass is 10.0. The first-order valence-electron chi connectivity index (χ1n) is 10.5. The van der Waals surface area contributed by atoms with Crippen molar-refractivity contribution in [2.75, 3.05) is 43.7 Å². The first kappa shape index (κ1) is 22.1. The molecule has 1 aliphatic heterocycles. The van der Waals surface area contributed by atoms with Crippen molar-refractivity contribution in [2.45, 2.75) is 32.4 Å². The van der Waals surface area contributed by atoms with Crippen LogP contribution in [0, 0.1) is 0 Å². The van der Waals surface area contributed by atoms with Crippen LogP contribution < -0.4 is 16.1 Å². The fourth-order valence-electron chi connectivity index (χ4n) is 3.96. The number of carbonyl (C=O) groups excluding carboxylic acids is 1. The molecule has 2 aromatic carbocycles. The Balaban J connectivity index is 1.70. The lowest BCUT2D eigenvalue weighted by molar-refractivity contribution is 0.0623. The van der Waals surface area contributed by atoms with Crippen LogP contribution in [0.3, 0.4) is 0 Å². The van der Waals surface area contributed by atoms with Crippen molar-refractivity contribution in [3.8, 4) is 0 Å². The molecule has 1 unspecified atom stereocenters. The summed E-state index contributed by atoms with van der Waals surface area (Å²) in [7, 11) is 1.56. The van der Waals surface area contributed by atoms with Gasteiger partial charge in [-0.05, 0) is 49.1 Å². The van der Waals surface area contributed by atoms with Crippen LogP contribution in [0.25, 0.3) is 0 Å². The first-order valence-corrected chi connectivity index (χ1v) is 10.5. The van der Waals surface area contributed by atoms with Crippen LogP contribution in [-0.4, -0.2) is 55.3 Å². The third kappa shape index (κ3) is 5.11. The number of aryl methyl sites for hydroxylation is 1. The summed E-state index contributed by atoms with van der Waals surface area (Å²) < 4.78 is 0. The zero-order valence-electron chi connectivity index (χ0n) is 17.8. The summed E-state index contributed by atoms with van der Waals surface area (Å²) in [5.41, 5.74) is 13.2. The standard InChI is InChI=1S/C23H32N4O3/c1-3-26-12-13-27(23(29)21-11-9-19(25-30-2)14-22(21)26)16-20(28)10-8-17-6-4-5-7-18(17)15-24/h4-7,9,11,14,20,25,28H,3,8,10,12-13,15-16,24H2,1-2H3. The van der Waals surface area contributed by atoms with E-state index in [-0.39, 0.29) is 5.91 Å². The molecule has 0 aromatic heterocycles. The number of rotatable bonds is 9. The van der Waals surface area contributed by atoms with Crippen molar-refractivity contribution in [2.24, 2.45) is 5.73 Å². The van der Waals surface area contributed by atoms with Gasteiger partial charge in [0.2, 0.25) is 0 Å². The zero-order chi connectivity index (χ0) is 21.5. The summed E-state index contributed by atoms with van der Waals surface area (Å²) in [5, 5.41) is 10.7. The van der Waals surface area contributed by atoms with E-state index in [1.54, 1.807) is 12.0 Å². The number of hydrogen-bond acceptors (Lipinski definition) is 6. The third-order valence-electron chi connectivity index (χ3n) is 5.61. The molecule has 2 aromatic rings. The van der Waals surface area contributed by atoms with E-state index in [4.69, 9.17) is 10.6 Å². The Hall–Kier alpha value is -2.61. The van der Waals surface area contributed by atoms with Gasteiger partial charge in [0, 0.05) is 32.7 Å². The average Bonchev–Trinajstić information content (AvgIpc) is 2.89. The number of fused-ring (bicyclic) bond motifs is 1. The van der Waals surface area contributed by atoms with Gasteiger partial charge in [0.25, 0.3) is 5.91 Å². The van der Waals surface area contributed by atoms with Crippen molar-refractivity contribution >= 4 is 17.3 Å². The minimum absolute atomic E-state index is 0.0497. The van der Waals surface area contributed by atoms with Crippen molar-refractivity contribution in [3.05, 3.63) is 59.2 Å². The van der Waals surface area contributed by atoms with Gasteiger partial charge in [-0.1, -0.05) is 24.3 Å². The molecule has 0 bridgehead atoms. The second kappa shape index (κ2) is 10.4. The van der Waals surface area contributed by atoms with Crippen LogP contribution in [0.15, 0.2) is 42.5 Å². The normalized spacial score (nSPS) is 15.0. The van der Waals surface area contributed by atoms with Crippen molar-refractivity contribution in [3.63, 3.8) is 0 Å². The van der Waals surface area contributed by atoms with Gasteiger partial charge in [0.1, 0.15) is 0 Å². The van der Waals surface area contributed by atoms with Gasteiger partial charge in [-0.25, -0.2) is 0 Å². The van der Waals surface area contributed by atoms with E-state index in [1.165, 1.54) is 0 Å². The number of likely N-dealkylation sites (N-methyl/N-ethyl adjacent to an activating group) is 1. The van der Waals surface area contributed by atoms with Crippen molar-refractivity contribution < 1.29 is 14.7 Å². The number of nitrogens with one attached hydrogen (secondary N) is 1. The molecule has 30 heavy (non-hydrogen) atoms. The van der Waals surface area contributed by atoms with Gasteiger partial charge in [-0.15, -0.1) is 0 Å². The van der Waals surface area contributed by atoms with Crippen molar-refractivity contribution in [1.29, 1.82) is 0 Å². The molecule has 162 valence electrons. The molecule has 0 saturated carbocycles. The highest BCUT2D eigenvalue weighted by Gasteiger charge is 2.27. The fraction of sp³-hybridized carbons (Fsp3) is 0.435. The molecule has 3 rings (SSSR count). The van der Waals surface area contributed by atoms with Gasteiger partial charge >= 0.3 is 0 Å². The Morgan fingerprint density at radius 2 is 1.90 bits per heavy atom. The fourth-order valence-corrected chi connectivity index (χ4v) is 3.96. The van der Waals surface area contributed by atoms with Crippen LogP contribution in [0.1, 0.15) is 34.8 Å². The van der Waals surface area contributed by atoms with E-state index in [0.29, 0.717) is 38.2 Å². The first-order chi connectivity index (χ1) is 14.6. The lowest BCUT2D eigenvalue weighted by Crippen LogP contribution is -2.39. The molecule has 1 atom stereocenters. The minimum Gasteiger partial charge on any atom is -0.391 e. The summed E-state index contributed by atoms with van der Waals surface area (Å²) in [6.45, 7) is 4.96. The highest BCUT2D eigenvalue weighted by atomic mass is 16.6. The zero-order valence-corrected chi connectivity index (χ0v) is 17.8. The van der Waals surface area contributed by atoms with Crippen molar-refractivity contribution in [1.82, 2.24) is 4.90 Å². The van der Waals surface area contributed by atoms with E-state index >= 15 is 0 Å². The number of aliphatic hydroxyl groups is 1. The summed E-state index contributed by atoms with van der Waals surface area (Å²) in [6, 6.07) is 13.6. The number of benzene rings is 2. The van der Waals surface area contributed by atoms with Gasteiger partial charge in [0.05, 0.1) is 30.2 Å². The Labute approximate surface area is 178 Å². The van der Waals surface area contributed by atoms with E-state index in [9.17, 15) is 9.90 Å². The summed E-state index contributed by atoms with van der Waals surface area (Å²) in [5.74, 6) is -0.0497. The Kier molecular flexibility index (Phi) is 7.68. The molecule has 1 amide bonds. The average molecular weight is 413 g/mol. The maximum absolute atomic E-state index is 13.2. The molecule has 4 N–H and O–H groups in total. The number of β-amino-alcohol motifs (C(OH)–C–C–N with tert-alkyl or cyclic N) is 1. The monoisotopic (exact) mass is 412 g/mol. The molecule has 0 saturated heterocycles. The Bertz CT molecular complexity index is 858. The highest BCUT2D eigenvalue weighted by molar-refractivity contribution is 6.01. The summed E-state index contributed by atoms with van der Waals surface area (Å²) in [6.07, 6.45) is 0.730. The number of amides is 1. The van der Waals surface area contributed by atoms with E-state index in [0.717, 1.165) is 35.5 Å². The molecular formula is C23H32N4O3. The second-order valence-electron chi connectivity index (χ2n) is 7.53. The minimum atomic E-state index is -0.592. The van der Waals surface area contributed by atoms with E-state index in [1.807, 2.05) is 42.5 Å². The molecule has 7 heteroatoms. The predicted octanol–water partition coefficient (Wildman–Crippen LogP) is 2.39. The number of anilines is 2. The number of nitrogens with zero attached hydrogens (tertiary/aromatic N) is 2. The summed E-state index contributed by atoms with van der Waals surface area (Å²) in [4.78, 5) is 22.1. The molecule has 0 spiro atoms. The van der Waals surface area contributed by atoms with Crippen LogP contribution in [0.5, 0.6) is 0 Å². The summed E-state index contributed by atoms with van der Waals surface area (Å²) >= 11 is 0. The number of nitrogens with two attached hydrogens (primary N) is 1. The molecule has 1 aliphatic rings. The Morgan fingerprint density at radius 1 is 1.17 bits per heavy atom. The van der Waals surface area contributed by atoms with E-state index < -0.39 is 6.10 Å². The van der Waals surface area contributed by atoms with Crippen LogP contribution >= 0.6 is 0 Å². The highest BCUT2D eigenvalue weighted by Crippen LogP contribution is 2.28. The van der Waals surface area contributed by atoms with Gasteiger partial charge < -0.3 is 20.6 Å². The van der Waals surface area contributed by atoms with Crippen LogP contribution in [0.4, 0.5) is 11.4 Å². The van der Waals surface area contributed by atoms with E-state index in [2.05, 4.69) is 17.3 Å². The third-order valence-corrected chi connectivity index (χ3v) is 5.61. The number of hydrogen-bond donors (Lipinski definition) is 3. The largest absolute Gasteiger partial charge is 0.391 e. The Morgan fingerprint density at radius 3 is 2.60 bits per heavy atom. The van der Waals surface area contributed by atoms with Crippen LogP contribution in [0.2, 0.25) is 0 Å². The van der Waals surface area contributed by atoms with Gasteiger partial charge in [-0.2, -0.15) is 0 Å². The molecule has 1 heterocycles. The SMILES string of the molecule is CCN1CCN(CC(O)CCc2ccccc2CN)C(=O)c2ccc(NOC)cc21. The second-order valence-corrected chi connectivity index (χ2v) is 7.53. The van der Waals surface area contributed by atoms with Gasteiger partial charge in [-0.3, -0.25) is 15.1 Å². The predicted molar refractivity (Wildman–Crippen MR) is 120 cm³/mol. The topological polar surface area (TPSA) is 91.1 Å². The molecule has 0 aliphatic carbocycles. The maximum atomic E-state index is 13.2. The maximum Gasteiger partial charge on any atom is 0.256 e. The number of aliphatic hydroxyl groups excluding tert-OH is 1. The molecule has 7 nitrogen and oxygen atoms in total. The molecular weight excluding hydrogens is 380 g/mol.